The number of phenols is 1. The summed E-state index contributed by atoms with van der Waals surface area (Å²) in [6.45, 7) is 0. The van der Waals surface area contributed by atoms with Crippen molar-refractivity contribution < 1.29 is 22.7 Å². The van der Waals surface area contributed by atoms with Crippen LogP contribution in [0.25, 0.3) is 22.1 Å². The normalized spacial score (nSPS) is 11.9. The van der Waals surface area contributed by atoms with Gasteiger partial charge in [0.2, 0.25) is 5.76 Å². The third kappa shape index (κ3) is 1.91. The van der Waals surface area contributed by atoms with E-state index in [1.165, 1.54) is 30.3 Å². The van der Waals surface area contributed by atoms with Gasteiger partial charge in [-0.2, -0.15) is 13.2 Å². The quantitative estimate of drug-likeness (QED) is 0.692. The van der Waals surface area contributed by atoms with E-state index in [9.17, 15) is 18.3 Å². The molecule has 2 nitrogen and oxygen atoms in total. The van der Waals surface area contributed by atoms with Crippen LogP contribution in [0.2, 0.25) is 0 Å². The lowest BCUT2D eigenvalue weighted by Gasteiger charge is -2.03. The van der Waals surface area contributed by atoms with Crippen molar-refractivity contribution >= 4 is 10.8 Å². The standard InChI is InChI=1S/C15H9F3O2/c16-15(17,18)14-10-6-2-1-5-9(10)13(20-14)11-7-3-4-8-12(11)19/h1-8,19H. The molecule has 0 aliphatic rings. The van der Waals surface area contributed by atoms with E-state index < -0.39 is 11.9 Å². The molecule has 5 heteroatoms. The highest BCUT2D eigenvalue weighted by Gasteiger charge is 2.38. The Morgan fingerprint density at radius 1 is 0.850 bits per heavy atom. The average Bonchev–Trinajstić information content (AvgIpc) is 2.79. The summed E-state index contributed by atoms with van der Waals surface area (Å²) in [6.07, 6.45) is -4.58. The van der Waals surface area contributed by atoms with Crippen LogP contribution in [0, 0.1) is 0 Å². The SMILES string of the molecule is Oc1ccccc1-c1oc(C(F)(F)F)c2ccccc12. The zero-order valence-corrected chi connectivity index (χ0v) is 10.1. The van der Waals surface area contributed by atoms with Crippen molar-refractivity contribution in [1.29, 1.82) is 0 Å². The van der Waals surface area contributed by atoms with Crippen LogP contribution in [0.4, 0.5) is 13.2 Å². The topological polar surface area (TPSA) is 33.4 Å². The van der Waals surface area contributed by atoms with Crippen LogP contribution >= 0.6 is 0 Å². The lowest BCUT2D eigenvalue weighted by Crippen LogP contribution is -2.03. The van der Waals surface area contributed by atoms with Crippen LogP contribution in [-0.2, 0) is 6.18 Å². The summed E-state index contributed by atoms with van der Waals surface area (Å²) >= 11 is 0. The summed E-state index contributed by atoms with van der Waals surface area (Å²) in [5.41, 5.74) is 0.235. The number of para-hydroxylation sites is 1. The van der Waals surface area contributed by atoms with Gasteiger partial charge in [0, 0.05) is 10.8 Å². The van der Waals surface area contributed by atoms with Crippen molar-refractivity contribution in [2.75, 3.05) is 0 Å². The highest BCUT2D eigenvalue weighted by molar-refractivity contribution is 5.97. The van der Waals surface area contributed by atoms with Gasteiger partial charge >= 0.3 is 6.18 Å². The number of hydrogen-bond acceptors (Lipinski definition) is 2. The lowest BCUT2D eigenvalue weighted by molar-refractivity contribution is -0.151. The number of furan rings is 1. The van der Waals surface area contributed by atoms with E-state index in [0.717, 1.165) is 0 Å². The fraction of sp³-hybridized carbons (Fsp3) is 0.0667. The molecule has 0 spiro atoms. The molecule has 1 heterocycles. The predicted octanol–water partition coefficient (Wildman–Crippen LogP) is 4.82. The molecule has 3 rings (SSSR count). The maximum atomic E-state index is 13.0. The first-order valence-corrected chi connectivity index (χ1v) is 5.85. The van der Waals surface area contributed by atoms with Gasteiger partial charge in [-0.25, -0.2) is 0 Å². The monoisotopic (exact) mass is 278 g/mol. The predicted molar refractivity (Wildman–Crippen MR) is 68.3 cm³/mol. The van der Waals surface area contributed by atoms with Crippen molar-refractivity contribution in [2.24, 2.45) is 0 Å². The van der Waals surface area contributed by atoms with E-state index in [1.807, 2.05) is 0 Å². The fourth-order valence-electron chi connectivity index (χ4n) is 2.17. The molecule has 0 aliphatic heterocycles. The molecule has 0 saturated carbocycles. The molecule has 102 valence electrons. The van der Waals surface area contributed by atoms with Crippen LogP contribution in [0.1, 0.15) is 5.76 Å². The van der Waals surface area contributed by atoms with Crippen LogP contribution < -0.4 is 0 Å². The number of halogens is 3. The van der Waals surface area contributed by atoms with E-state index in [-0.39, 0.29) is 22.5 Å². The number of alkyl halides is 3. The number of rotatable bonds is 1. The molecule has 0 saturated heterocycles. The third-order valence-electron chi connectivity index (χ3n) is 3.03. The maximum Gasteiger partial charge on any atom is 0.450 e. The molecule has 0 atom stereocenters. The molecule has 1 aromatic heterocycles. The minimum atomic E-state index is -4.58. The lowest BCUT2D eigenvalue weighted by atomic mass is 10.1. The first-order chi connectivity index (χ1) is 9.48. The zero-order chi connectivity index (χ0) is 14.3. The number of benzene rings is 2. The number of phenolic OH excluding ortho intramolecular Hbond substituents is 1. The first kappa shape index (κ1) is 12.6. The Bertz CT molecular complexity index is 772. The Hall–Kier alpha value is -2.43. The minimum Gasteiger partial charge on any atom is -0.507 e. The zero-order valence-electron chi connectivity index (χ0n) is 10.1. The molecule has 2 aromatic carbocycles. The Morgan fingerprint density at radius 2 is 1.45 bits per heavy atom. The molecule has 0 unspecified atom stereocenters. The van der Waals surface area contributed by atoms with Gasteiger partial charge in [0.25, 0.3) is 0 Å². The summed E-state index contributed by atoms with van der Waals surface area (Å²) in [4.78, 5) is 0. The summed E-state index contributed by atoms with van der Waals surface area (Å²) in [6, 6.07) is 12.2. The second-order valence-electron chi connectivity index (χ2n) is 4.32. The van der Waals surface area contributed by atoms with E-state index in [4.69, 9.17) is 4.42 Å². The van der Waals surface area contributed by atoms with Gasteiger partial charge in [-0.15, -0.1) is 0 Å². The van der Waals surface area contributed by atoms with Gasteiger partial charge in [0.1, 0.15) is 11.5 Å². The summed E-state index contributed by atoms with van der Waals surface area (Å²) in [5, 5.41) is 10.1. The largest absolute Gasteiger partial charge is 0.507 e. The van der Waals surface area contributed by atoms with Gasteiger partial charge in [0.05, 0.1) is 5.56 Å². The van der Waals surface area contributed by atoms with E-state index in [1.54, 1.807) is 18.2 Å². The second-order valence-corrected chi connectivity index (χ2v) is 4.32. The molecule has 0 aliphatic carbocycles. The summed E-state index contributed by atoms with van der Waals surface area (Å²) in [5.74, 6) is -1.15. The van der Waals surface area contributed by atoms with Gasteiger partial charge in [-0.1, -0.05) is 36.4 Å². The first-order valence-electron chi connectivity index (χ1n) is 5.85. The molecule has 0 fully saturated rings. The van der Waals surface area contributed by atoms with E-state index >= 15 is 0 Å². The van der Waals surface area contributed by atoms with Crippen molar-refractivity contribution in [2.45, 2.75) is 6.18 Å². The number of aromatic hydroxyl groups is 1. The van der Waals surface area contributed by atoms with Gasteiger partial charge in [0.15, 0.2) is 0 Å². The molecule has 3 aromatic rings. The summed E-state index contributed by atoms with van der Waals surface area (Å²) in [7, 11) is 0. The molecule has 0 radical (unpaired) electrons. The molecular formula is C15H9F3O2. The average molecular weight is 278 g/mol. The van der Waals surface area contributed by atoms with Crippen LogP contribution in [-0.4, -0.2) is 5.11 Å². The Labute approximate surface area is 112 Å². The smallest absolute Gasteiger partial charge is 0.450 e. The van der Waals surface area contributed by atoms with Crippen molar-refractivity contribution in [3.8, 4) is 17.1 Å². The van der Waals surface area contributed by atoms with E-state index in [0.29, 0.717) is 5.39 Å². The van der Waals surface area contributed by atoms with Crippen molar-refractivity contribution in [1.82, 2.24) is 0 Å². The highest BCUT2D eigenvalue weighted by Crippen LogP contribution is 2.43. The van der Waals surface area contributed by atoms with Gasteiger partial charge in [-0.05, 0) is 12.1 Å². The second kappa shape index (κ2) is 4.30. The summed E-state index contributed by atoms with van der Waals surface area (Å²) < 4.78 is 44.0. The molecule has 20 heavy (non-hydrogen) atoms. The van der Waals surface area contributed by atoms with Gasteiger partial charge < -0.3 is 9.52 Å². The maximum absolute atomic E-state index is 13.0. The van der Waals surface area contributed by atoms with Gasteiger partial charge in [-0.3, -0.25) is 0 Å². The fourth-order valence-corrected chi connectivity index (χ4v) is 2.17. The van der Waals surface area contributed by atoms with Crippen LogP contribution in [0.5, 0.6) is 5.75 Å². The molecular weight excluding hydrogens is 269 g/mol. The van der Waals surface area contributed by atoms with Crippen molar-refractivity contribution in [3.05, 3.63) is 54.3 Å². The van der Waals surface area contributed by atoms with Crippen LogP contribution in [0.3, 0.4) is 0 Å². The molecule has 0 amide bonds. The third-order valence-corrected chi connectivity index (χ3v) is 3.03. The van der Waals surface area contributed by atoms with Crippen molar-refractivity contribution in [3.63, 3.8) is 0 Å². The van der Waals surface area contributed by atoms with E-state index in [2.05, 4.69) is 0 Å². The molecule has 1 N–H and O–H groups in total. The Morgan fingerprint density at radius 3 is 2.10 bits per heavy atom. The Kier molecular flexibility index (Phi) is 2.71. The highest BCUT2D eigenvalue weighted by atomic mass is 19.4. The molecule has 0 bridgehead atoms. The Balaban J connectivity index is 2.36. The van der Waals surface area contributed by atoms with Crippen LogP contribution in [0.15, 0.2) is 52.9 Å². The minimum absolute atomic E-state index is 0.0155. The number of fused-ring (bicyclic) bond motifs is 1. The number of hydrogen-bond donors (Lipinski definition) is 1.